The predicted octanol–water partition coefficient (Wildman–Crippen LogP) is 12.7. The van der Waals surface area contributed by atoms with Crippen molar-refractivity contribution in [1.82, 2.24) is 14.5 Å². The summed E-state index contributed by atoms with van der Waals surface area (Å²) < 4.78 is 2.41. The zero-order valence-electron chi connectivity index (χ0n) is 29.6. The van der Waals surface area contributed by atoms with Crippen molar-refractivity contribution >= 4 is 39.0 Å². The van der Waals surface area contributed by atoms with Gasteiger partial charge in [-0.25, -0.2) is 9.97 Å². The van der Waals surface area contributed by atoms with E-state index in [0.717, 1.165) is 56.7 Å². The number of aromatic nitrogens is 3. The van der Waals surface area contributed by atoms with Gasteiger partial charge in [0.2, 0.25) is 0 Å². The van der Waals surface area contributed by atoms with Crippen molar-refractivity contribution in [2.45, 2.75) is 19.3 Å². The minimum atomic E-state index is -0.302. The molecule has 4 nitrogen and oxygen atoms in total. The molecule has 3 heterocycles. The van der Waals surface area contributed by atoms with Gasteiger partial charge >= 0.3 is 0 Å². The molecule has 10 rings (SSSR count). The van der Waals surface area contributed by atoms with E-state index in [1.54, 1.807) is 0 Å². The van der Waals surface area contributed by atoms with Crippen molar-refractivity contribution < 1.29 is 0 Å². The summed E-state index contributed by atoms with van der Waals surface area (Å²) in [5.41, 5.74) is 13.5. The summed E-state index contributed by atoms with van der Waals surface area (Å²) in [6.45, 7) is 4.69. The lowest BCUT2D eigenvalue weighted by molar-refractivity contribution is 0.631. The van der Waals surface area contributed by atoms with E-state index in [-0.39, 0.29) is 5.41 Å². The van der Waals surface area contributed by atoms with E-state index in [1.165, 1.54) is 32.9 Å². The minimum absolute atomic E-state index is 0.302. The number of nitrogens with zero attached hydrogens (tertiary/aromatic N) is 4. The fourth-order valence-electron chi connectivity index (χ4n) is 8.23. The Kier molecular flexibility index (Phi) is 7.12. The SMILES string of the molecule is CC1(C)c2ccccc2N(c2nc(-c3ccccc3)c(-c3ccccc3)nc2-c2ccccc2)c2ccc(-n3c4ccccc4c4ccccc43)cc21. The first-order chi connectivity index (χ1) is 26.1. The maximum Gasteiger partial charge on any atom is 0.165 e. The van der Waals surface area contributed by atoms with Gasteiger partial charge in [0.25, 0.3) is 0 Å². The molecule has 0 atom stereocenters. The zero-order chi connectivity index (χ0) is 35.5. The molecule has 4 heteroatoms. The summed E-state index contributed by atoms with van der Waals surface area (Å²) in [6.07, 6.45) is 0. The lowest BCUT2D eigenvalue weighted by Gasteiger charge is -2.42. The van der Waals surface area contributed by atoms with E-state index in [0.29, 0.717) is 0 Å². The highest BCUT2D eigenvalue weighted by molar-refractivity contribution is 6.09. The molecule has 2 aromatic heterocycles. The third-order valence-corrected chi connectivity index (χ3v) is 10.8. The van der Waals surface area contributed by atoms with E-state index < -0.39 is 0 Å². The number of anilines is 3. The molecule has 9 aromatic rings. The molecule has 7 aromatic carbocycles. The summed E-state index contributed by atoms with van der Waals surface area (Å²) in [7, 11) is 0. The fourth-order valence-corrected chi connectivity index (χ4v) is 8.23. The van der Waals surface area contributed by atoms with Gasteiger partial charge in [0, 0.05) is 38.6 Å². The Balaban J connectivity index is 1.28. The van der Waals surface area contributed by atoms with Gasteiger partial charge in [-0.05, 0) is 47.5 Å². The molecule has 0 aliphatic carbocycles. The third kappa shape index (κ3) is 4.91. The van der Waals surface area contributed by atoms with Crippen molar-refractivity contribution in [2.75, 3.05) is 4.90 Å². The van der Waals surface area contributed by atoms with E-state index in [4.69, 9.17) is 9.97 Å². The van der Waals surface area contributed by atoms with Crippen LogP contribution in [-0.2, 0) is 5.41 Å². The minimum Gasteiger partial charge on any atom is -0.309 e. The zero-order valence-corrected chi connectivity index (χ0v) is 29.6. The van der Waals surface area contributed by atoms with Crippen LogP contribution in [0.4, 0.5) is 17.2 Å². The summed E-state index contributed by atoms with van der Waals surface area (Å²) >= 11 is 0. The second-order valence-corrected chi connectivity index (χ2v) is 14.2. The van der Waals surface area contributed by atoms with Gasteiger partial charge in [-0.1, -0.05) is 159 Å². The highest BCUT2D eigenvalue weighted by Crippen LogP contribution is 2.54. The number of hydrogen-bond acceptors (Lipinski definition) is 3. The lowest BCUT2D eigenvalue weighted by Crippen LogP contribution is -2.31. The van der Waals surface area contributed by atoms with E-state index in [2.05, 4.69) is 193 Å². The fraction of sp³-hybridized carbons (Fsp3) is 0.0612. The standard InChI is InChI=1S/C49H36N4/c1-49(2)39-26-14-17-29-43(39)53(44-31-30-36(32-40(44)49)52-41-27-15-12-24-37(41)38-25-13-16-28-42(38)52)48-47(35-22-10-5-11-23-35)50-45(33-18-6-3-7-19-33)46(51-48)34-20-8-4-9-21-34/h3-32H,1-2H3. The smallest absolute Gasteiger partial charge is 0.165 e. The van der Waals surface area contributed by atoms with Crippen LogP contribution in [0.3, 0.4) is 0 Å². The van der Waals surface area contributed by atoms with Crippen LogP contribution in [0.25, 0.3) is 61.3 Å². The van der Waals surface area contributed by atoms with Gasteiger partial charge in [0.05, 0.1) is 33.8 Å². The molecule has 0 saturated heterocycles. The second-order valence-electron chi connectivity index (χ2n) is 14.2. The van der Waals surface area contributed by atoms with Crippen molar-refractivity contribution in [3.63, 3.8) is 0 Å². The van der Waals surface area contributed by atoms with Crippen molar-refractivity contribution in [1.29, 1.82) is 0 Å². The molecule has 1 aliphatic rings. The number of para-hydroxylation sites is 3. The average molecular weight is 681 g/mol. The van der Waals surface area contributed by atoms with E-state index in [9.17, 15) is 0 Å². The van der Waals surface area contributed by atoms with Gasteiger partial charge in [0.1, 0.15) is 5.69 Å². The normalized spacial score (nSPS) is 13.2. The molecular weight excluding hydrogens is 645 g/mol. The number of hydrogen-bond donors (Lipinski definition) is 0. The lowest BCUT2D eigenvalue weighted by atomic mass is 9.73. The average Bonchev–Trinajstić information content (AvgIpc) is 3.56. The predicted molar refractivity (Wildman–Crippen MR) is 219 cm³/mol. The van der Waals surface area contributed by atoms with Crippen LogP contribution in [0.5, 0.6) is 0 Å². The third-order valence-electron chi connectivity index (χ3n) is 10.8. The summed E-state index contributed by atoms with van der Waals surface area (Å²) in [5, 5.41) is 2.50. The van der Waals surface area contributed by atoms with Crippen LogP contribution in [0, 0.1) is 0 Å². The molecule has 0 amide bonds. The molecule has 53 heavy (non-hydrogen) atoms. The summed E-state index contributed by atoms with van der Waals surface area (Å²) in [5.74, 6) is 0.795. The van der Waals surface area contributed by atoms with Gasteiger partial charge in [-0.2, -0.15) is 0 Å². The Morgan fingerprint density at radius 2 is 0.887 bits per heavy atom. The largest absolute Gasteiger partial charge is 0.309 e. The second kappa shape index (κ2) is 12.2. The Morgan fingerprint density at radius 1 is 0.415 bits per heavy atom. The van der Waals surface area contributed by atoms with Gasteiger partial charge in [-0.3, -0.25) is 4.90 Å². The number of rotatable bonds is 5. The molecule has 0 fully saturated rings. The highest BCUT2D eigenvalue weighted by atomic mass is 15.2. The van der Waals surface area contributed by atoms with Gasteiger partial charge in [0.15, 0.2) is 5.82 Å². The van der Waals surface area contributed by atoms with E-state index >= 15 is 0 Å². The quantitative estimate of drug-likeness (QED) is 0.181. The summed E-state index contributed by atoms with van der Waals surface area (Å²) in [4.78, 5) is 13.6. The Hall–Kier alpha value is -6.78. The molecule has 0 spiro atoms. The maximum atomic E-state index is 5.68. The van der Waals surface area contributed by atoms with Crippen LogP contribution in [0.1, 0.15) is 25.0 Å². The van der Waals surface area contributed by atoms with Gasteiger partial charge in [-0.15, -0.1) is 0 Å². The van der Waals surface area contributed by atoms with Crippen molar-refractivity contribution in [2.24, 2.45) is 0 Å². The molecule has 1 aliphatic heterocycles. The molecule has 0 saturated carbocycles. The molecule has 0 radical (unpaired) electrons. The molecule has 0 unspecified atom stereocenters. The van der Waals surface area contributed by atoms with Crippen molar-refractivity contribution in [3.8, 4) is 39.5 Å². The van der Waals surface area contributed by atoms with Crippen LogP contribution in [0.2, 0.25) is 0 Å². The Morgan fingerprint density at radius 3 is 1.49 bits per heavy atom. The van der Waals surface area contributed by atoms with Crippen LogP contribution in [-0.4, -0.2) is 14.5 Å². The first-order valence-electron chi connectivity index (χ1n) is 18.2. The maximum absolute atomic E-state index is 5.68. The van der Waals surface area contributed by atoms with Crippen LogP contribution >= 0.6 is 0 Å². The molecule has 0 bridgehead atoms. The monoisotopic (exact) mass is 680 g/mol. The van der Waals surface area contributed by atoms with E-state index in [1.807, 2.05) is 12.1 Å². The van der Waals surface area contributed by atoms with Crippen LogP contribution in [0.15, 0.2) is 182 Å². The molecule has 0 N–H and O–H groups in total. The Labute approximate surface area is 309 Å². The molecule has 252 valence electrons. The Bertz CT molecular complexity index is 2750. The topological polar surface area (TPSA) is 34.0 Å². The summed E-state index contributed by atoms with van der Waals surface area (Å²) in [6, 6.07) is 64.5. The first kappa shape index (κ1) is 31.0. The number of benzene rings is 7. The highest BCUT2D eigenvalue weighted by Gasteiger charge is 2.39. The molecular formula is C49H36N4. The van der Waals surface area contributed by atoms with Crippen LogP contribution < -0.4 is 4.90 Å². The number of fused-ring (bicyclic) bond motifs is 5. The first-order valence-corrected chi connectivity index (χ1v) is 18.2. The van der Waals surface area contributed by atoms with Gasteiger partial charge < -0.3 is 4.57 Å². The van der Waals surface area contributed by atoms with Crippen molar-refractivity contribution in [3.05, 3.63) is 193 Å².